The van der Waals surface area contributed by atoms with Gasteiger partial charge in [0.05, 0.1) is 0 Å². The summed E-state index contributed by atoms with van der Waals surface area (Å²) in [5, 5.41) is 0. The Morgan fingerprint density at radius 2 is 1.27 bits per heavy atom. The van der Waals surface area contributed by atoms with Gasteiger partial charge in [0.2, 0.25) is 0 Å². The smallest absolute Gasteiger partial charge is 0.186 e. The fourth-order valence-electron chi connectivity index (χ4n) is 0.954. The molecular weight excluding hydrogens is 238 g/mol. The molecule has 0 bridgehead atoms. The van der Waals surface area contributed by atoms with Crippen LogP contribution in [0.5, 0.6) is 0 Å². The zero-order chi connectivity index (χ0) is 12.0. The van der Waals surface area contributed by atoms with Crippen LogP contribution in [-0.2, 0) is 9.84 Å². The van der Waals surface area contributed by atoms with Crippen molar-refractivity contribution in [1.82, 2.24) is 0 Å². The molecule has 0 unspecified atom stereocenters. The molecule has 0 heterocycles. The summed E-state index contributed by atoms with van der Waals surface area (Å²) in [5.41, 5.74) is 3.28. The third-order valence-electron chi connectivity index (χ3n) is 1.63. The molecule has 0 saturated carbocycles. The molecule has 0 atom stereocenters. The van der Waals surface area contributed by atoms with Crippen molar-refractivity contribution in [3.8, 4) is 0 Å². The number of rotatable bonds is 1. The third-order valence-corrected chi connectivity index (χ3v) is 2.73. The van der Waals surface area contributed by atoms with Gasteiger partial charge < -0.3 is 5.73 Å². The summed E-state index contributed by atoms with van der Waals surface area (Å²) in [6.45, 7) is 0. The molecule has 2 N–H and O–H groups in total. The molecule has 84 valence electrons. The Kier molecular flexibility index (Phi) is 2.64. The average molecular weight is 243 g/mol. The number of hydrogen-bond donors (Lipinski definition) is 1. The molecule has 0 amide bonds. The molecule has 15 heavy (non-hydrogen) atoms. The molecule has 0 spiro atoms. The second-order valence-corrected chi connectivity index (χ2v) is 4.72. The maximum Gasteiger partial charge on any atom is 0.186 e. The average Bonchev–Trinajstić information content (AvgIpc) is 2.09. The maximum atomic E-state index is 13.0. The molecule has 8 heteroatoms. The Bertz CT molecular complexity index is 497. The zero-order valence-corrected chi connectivity index (χ0v) is 8.13. The van der Waals surface area contributed by atoms with Crippen LogP contribution in [0.2, 0.25) is 0 Å². The fraction of sp³-hybridized carbons (Fsp3) is 0.143. The van der Waals surface area contributed by atoms with Crippen LogP contribution in [0.4, 0.5) is 23.2 Å². The molecule has 0 saturated heterocycles. The third kappa shape index (κ3) is 1.76. The molecule has 0 aliphatic rings. The number of benzene rings is 1. The highest BCUT2D eigenvalue weighted by atomic mass is 32.2. The van der Waals surface area contributed by atoms with E-state index in [1.165, 1.54) is 0 Å². The van der Waals surface area contributed by atoms with Gasteiger partial charge >= 0.3 is 0 Å². The lowest BCUT2D eigenvalue weighted by Gasteiger charge is -2.07. The second kappa shape index (κ2) is 3.37. The van der Waals surface area contributed by atoms with Crippen LogP contribution in [-0.4, -0.2) is 14.7 Å². The largest absolute Gasteiger partial charge is 0.394 e. The van der Waals surface area contributed by atoms with E-state index in [0.29, 0.717) is 6.26 Å². The highest BCUT2D eigenvalue weighted by Gasteiger charge is 2.29. The predicted octanol–water partition coefficient (Wildman–Crippen LogP) is 1.23. The zero-order valence-electron chi connectivity index (χ0n) is 7.31. The highest BCUT2D eigenvalue weighted by molar-refractivity contribution is 7.90. The summed E-state index contributed by atoms with van der Waals surface area (Å²) in [6, 6.07) is 0. The number of nitrogens with two attached hydrogens (primary N) is 1. The van der Waals surface area contributed by atoms with E-state index in [4.69, 9.17) is 0 Å². The van der Waals surface area contributed by atoms with E-state index < -0.39 is 43.7 Å². The number of sulfone groups is 1. The van der Waals surface area contributed by atoms with Gasteiger partial charge in [0, 0.05) is 6.26 Å². The minimum Gasteiger partial charge on any atom is -0.394 e. The number of nitrogen functional groups attached to an aromatic ring is 1. The van der Waals surface area contributed by atoms with E-state index in [0.717, 1.165) is 0 Å². The van der Waals surface area contributed by atoms with Gasteiger partial charge in [-0.2, -0.15) is 0 Å². The van der Waals surface area contributed by atoms with Crippen LogP contribution >= 0.6 is 0 Å². The molecule has 0 aromatic heterocycles. The highest BCUT2D eigenvalue weighted by Crippen LogP contribution is 2.28. The number of hydrogen-bond acceptors (Lipinski definition) is 3. The molecule has 1 rings (SSSR count). The molecule has 0 aliphatic carbocycles. The van der Waals surface area contributed by atoms with Crippen molar-refractivity contribution in [2.75, 3.05) is 12.0 Å². The van der Waals surface area contributed by atoms with Gasteiger partial charge in [-0.1, -0.05) is 0 Å². The Morgan fingerprint density at radius 3 is 1.53 bits per heavy atom. The van der Waals surface area contributed by atoms with E-state index >= 15 is 0 Å². The first-order valence-corrected chi connectivity index (χ1v) is 5.38. The molecule has 1 aromatic carbocycles. The van der Waals surface area contributed by atoms with Gasteiger partial charge in [-0.25, -0.2) is 26.0 Å². The Labute approximate surface area is 82.4 Å². The van der Waals surface area contributed by atoms with Crippen molar-refractivity contribution < 1.29 is 26.0 Å². The van der Waals surface area contributed by atoms with Crippen LogP contribution in [0.1, 0.15) is 0 Å². The van der Waals surface area contributed by atoms with E-state index in [1.807, 2.05) is 0 Å². The van der Waals surface area contributed by atoms with Gasteiger partial charge in [0.25, 0.3) is 0 Å². The number of anilines is 1. The molecular formula is C7H5F4NO2S. The molecule has 0 fully saturated rings. The van der Waals surface area contributed by atoms with Crippen molar-refractivity contribution in [2.45, 2.75) is 4.90 Å². The first-order valence-electron chi connectivity index (χ1n) is 3.49. The lowest BCUT2D eigenvalue weighted by molar-refractivity contribution is 0.425. The van der Waals surface area contributed by atoms with Crippen molar-refractivity contribution in [3.05, 3.63) is 23.3 Å². The predicted molar refractivity (Wildman–Crippen MR) is 43.8 cm³/mol. The van der Waals surface area contributed by atoms with E-state index in [-0.39, 0.29) is 0 Å². The maximum absolute atomic E-state index is 13.0. The minimum atomic E-state index is -4.41. The summed E-state index contributed by atoms with van der Waals surface area (Å²) in [6.07, 6.45) is 0.420. The van der Waals surface area contributed by atoms with Crippen molar-refractivity contribution in [2.24, 2.45) is 0 Å². The summed E-state index contributed by atoms with van der Waals surface area (Å²) < 4.78 is 73.2. The standard InChI is InChI=1S/C7H5F4NO2S/c1-15(13,14)7-4(10)2(8)6(12)3(9)5(7)11/h12H2,1H3. The van der Waals surface area contributed by atoms with E-state index in [1.54, 1.807) is 0 Å². The van der Waals surface area contributed by atoms with E-state index in [2.05, 4.69) is 5.73 Å². The first-order chi connectivity index (χ1) is 6.68. The van der Waals surface area contributed by atoms with E-state index in [9.17, 15) is 26.0 Å². The van der Waals surface area contributed by atoms with Gasteiger partial charge in [0.1, 0.15) is 10.6 Å². The van der Waals surface area contributed by atoms with Gasteiger partial charge in [-0.05, 0) is 0 Å². The van der Waals surface area contributed by atoms with Gasteiger partial charge in [0.15, 0.2) is 33.1 Å². The summed E-state index contributed by atoms with van der Waals surface area (Å²) in [4.78, 5) is -1.66. The summed E-state index contributed by atoms with van der Waals surface area (Å²) in [5.74, 6) is -7.88. The quantitative estimate of drug-likeness (QED) is 0.458. The summed E-state index contributed by atoms with van der Waals surface area (Å²) >= 11 is 0. The van der Waals surface area contributed by atoms with Crippen molar-refractivity contribution >= 4 is 15.5 Å². The fourth-order valence-corrected chi connectivity index (χ4v) is 1.78. The number of halogens is 4. The van der Waals surface area contributed by atoms with Crippen LogP contribution < -0.4 is 5.73 Å². The lowest BCUT2D eigenvalue weighted by Crippen LogP contribution is -2.12. The van der Waals surface area contributed by atoms with Gasteiger partial charge in [-0.15, -0.1) is 0 Å². The molecule has 3 nitrogen and oxygen atoms in total. The normalized spacial score (nSPS) is 11.8. The van der Waals surface area contributed by atoms with Crippen LogP contribution in [0.3, 0.4) is 0 Å². The Morgan fingerprint density at radius 1 is 0.933 bits per heavy atom. The monoisotopic (exact) mass is 243 g/mol. The second-order valence-electron chi connectivity index (χ2n) is 2.77. The van der Waals surface area contributed by atoms with Crippen LogP contribution in [0.25, 0.3) is 0 Å². The minimum absolute atomic E-state index is 0.420. The van der Waals surface area contributed by atoms with Crippen LogP contribution in [0, 0.1) is 23.3 Å². The van der Waals surface area contributed by atoms with Crippen molar-refractivity contribution in [3.63, 3.8) is 0 Å². The summed E-state index contributed by atoms with van der Waals surface area (Å²) in [7, 11) is -4.41. The Balaban J connectivity index is 3.84. The lowest BCUT2D eigenvalue weighted by atomic mass is 10.2. The molecule has 0 radical (unpaired) electrons. The molecule has 0 aliphatic heterocycles. The van der Waals surface area contributed by atoms with Gasteiger partial charge in [-0.3, -0.25) is 0 Å². The SMILES string of the molecule is CS(=O)(=O)c1c(F)c(F)c(N)c(F)c1F. The first kappa shape index (κ1) is 11.8. The molecule has 1 aromatic rings. The Hall–Kier alpha value is -1.31. The van der Waals surface area contributed by atoms with Crippen LogP contribution in [0.15, 0.2) is 4.90 Å². The topological polar surface area (TPSA) is 60.2 Å². The van der Waals surface area contributed by atoms with Crippen molar-refractivity contribution in [1.29, 1.82) is 0 Å².